The highest BCUT2D eigenvalue weighted by Gasteiger charge is 2.10. The largest absolute Gasteiger partial charge is 0.463 e. The molecule has 0 unspecified atom stereocenters. The van der Waals surface area contributed by atoms with Crippen molar-refractivity contribution in [1.82, 2.24) is 9.97 Å². The molecule has 0 saturated carbocycles. The fourth-order valence-corrected chi connectivity index (χ4v) is 1.38. The first-order valence-electron chi connectivity index (χ1n) is 5.97. The standard InChI is InChI=1S/C12H18FN3O2/c1-4-9-11(13)12(16-7-15-9)14-6-5-10(17)18-8(2)3/h7-8H,4-6H2,1-3H3,(H,14,15,16). The Hall–Kier alpha value is -1.72. The molecule has 18 heavy (non-hydrogen) atoms. The van der Waals surface area contributed by atoms with Crippen LogP contribution in [0.1, 0.15) is 32.9 Å². The number of halogens is 1. The Morgan fingerprint density at radius 3 is 2.83 bits per heavy atom. The number of aromatic nitrogens is 2. The SMILES string of the molecule is CCc1ncnc(NCCC(=O)OC(C)C)c1F. The normalized spacial score (nSPS) is 10.5. The summed E-state index contributed by atoms with van der Waals surface area (Å²) in [6, 6.07) is 0. The van der Waals surface area contributed by atoms with Crippen molar-refractivity contribution in [1.29, 1.82) is 0 Å². The minimum atomic E-state index is -0.461. The summed E-state index contributed by atoms with van der Waals surface area (Å²) >= 11 is 0. The van der Waals surface area contributed by atoms with Gasteiger partial charge in [0.1, 0.15) is 6.33 Å². The summed E-state index contributed by atoms with van der Waals surface area (Å²) in [6.07, 6.45) is 1.83. The number of nitrogens with zero attached hydrogens (tertiary/aromatic N) is 2. The van der Waals surface area contributed by atoms with E-state index in [9.17, 15) is 9.18 Å². The minimum Gasteiger partial charge on any atom is -0.463 e. The van der Waals surface area contributed by atoms with E-state index < -0.39 is 5.82 Å². The summed E-state index contributed by atoms with van der Waals surface area (Å²) in [7, 11) is 0. The predicted octanol–water partition coefficient (Wildman–Crippen LogP) is 1.93. The van der Waals surface area contributed by atoms with Gasteiger partial charge in [0.2, 0.25) is 0 Å². The summed E-state index contributed by atoms with van der Waals surface area (Å²) in [4.78, 5) is 18.9. The monoisotopic (exact) mass is 255 g/mol. The Labute approximate surface area is 106 Å². The van der Waals surface area contributed by atoms with Gasteiger partial charge in [0.25, 0.3) is 0 Å². The maximum atomic E-state index is 13.7. The van der Waals surface area contributed by atoms with E-state index in [0.717, 1.165) is 0 Å². The van der Waals surface area contributed by atoms with Crippen LogP contribution in [0.5, 0.6) is 0 Å². The third kappa shape index (κ3) is 4.27. The first-order chi connectivity index (χ1) is 8.54. The number of nitrogens with one attached hydrogen (secondary N) is 1. The smallest absolute Gasteiger partial charge is 0.307 e. The second kappa shape index (κ2) is 6.88. The van der Waals surface area contributed by atoms with Gasteiger partial charge in [0.15, 0.2) is 11.6 Å². The summed E-state index contributed by atoms with van der Waals surface area (Å²) in [6.45, 7) is 5.66. The third-order valence-corrected chi connectivity index (χ3v) is 2.19. The van der Waals surface area contributed by atoms with Gasteiger partial charge in [-0.3, -0.25) is 4.79 Å². The van der Waals surface area contributed by atoms with E-state index in [1.54, 1.807) is 13.8 Å². The van der Waals surface area contributed by atoms with E-state index in [2.05, 4.69) is 15.3 Å². The second-order valence-electron chi connectivity index (χ2n) is 4.05. The average Bonchev–Trinajstić information content (AvgIpc) is 2.30. The van der Waals surface area contributed by atoms with Crippen LogP contribution in [0.4, 0.5) is 10.2 Å². The minimum absolute atomic E-state index is 0.124. The lowest BCUT2D eigenvalue weighted by atomic mass is 10.3. The first-order valence-corrected chi connectivity index (χ1v) is 5.97. The van der Waals surface area contributed by atoms with Crippen molar-refractivity contribution in [3.05, 3.63) is 17.8 Å². The summed E-state index contributed by atoms with van der Waals surface area (Å²) in [5.74, 6) is -0.654. The number of anilines is 1. The molecule has 100 valence electrons. The van der Waals surface area contributed by atoms with Crippen molar-refractivity contribution in [2.45, 2.75) is 39.7 Å². The van der Waals surface area contributed by atoms with Gasteiger partial charge < -0.3 is 10.1 Å². The molecule has 1 rings (SSSR count). The first kappa shape index (κ1) is 14.3. The van der Waals surface area contributed by atoms with Crippen LogP contribution >= 0.6 is 0 Å². The number of carbonyl (C=O) groups excluding carboxylic acids is 1. The number of esters is 1. The van der Waals surface area contributed by atoms with Gasteiger partial charge in [-0.15, -0.1) is 0 Å². The molecule has 0 amide bonds. The molecule has 0 aliphatic rings. The molecule has 0 radical (unpaired) electrons. The van der Waals surface area contributed by atoms with E-state index in [0.29, 0.717) is 12.1 Å². The fourth-order valence-electron chi connectivity index (χ4n) is 1.38. The summed E-state index contributed by atoms with van der Waals surface area (Å²) in [5, 5.41) is 2.76. The highest BCUT2D eigenvalue weighted by atomic mass is 19.1. The molecule has 0 saturated heterocycles. The lowest BCUT2D eigenvalue weighted by Gasteiger charge is -2.09. The lowest BCUT2D eigenvalue weighted by molar-refractivity contribution is -0.147. The summed E-state index contributed by atoms with van der Waals surface area (Å²) in [5.41, 5.74) is 0.359. The van der Waals surface area contributed by atoms with Gasteiger partial charge in [-0.1, -0.05) is 6.92 Å². The number of hydrogen-bond donors (Lipinski definition) is 1. The molecule has 6 heteroatoms. The number of rotatable bonds is 6. The van der Waals surface area contributed by atoms with Crippen LogP contribution in [0.15, 0.2) is 6.33 Å². The van der Waals surface area contributed by atoms with E-state index in [-0.39, 0.29) is 30.9 Å². The molecule has 5 nitrogen and oxygen atoms in total. The van der Waals surface area contributed by atoms with E-state index in [1.807, 2.05) is 6.92 Å². The van der Waals surface area contributed by atoms with E-state index in [1.165, 1.54) is 6.33 Å². The number of carbonyl (C=O) groups is 1. The van der Waals surface area contributed by atoms with Gasteiger partial charge in [0, 0.05) is 6.54 Å². The highest BCUT2D eigenvalue weighted by Crippen LogP contribution is 2.12. The van der Waals surface area contributed by atoms with Crippen molar-refractivity contribution in [2.75, 3.05) is 11.9 Å². The van der Waals surface area contributed by atoms with Crippen molar-refractivity contribution >= 4 is 11.8 Å². The van der Waals surface area contributed by atoms with Crippen LogP contribution in [0.2, 0.25) is 0 Å². The highest BCUT2D eigenvalue weighted by molar-refractivity contribution is 5.70. The van der Waals surface area contributed by atoms with Gasteiger partial charge >= 0.3 is 5.97 Å². The fraction of sp³-hybridized carbons (Fsp3) is 0.583. The van der Waals surface area contributed by atoms with Crippen LogP contribution in [0, 0.1) is 5.82 Å². The van der Waals surface area contributed by atoms with Crippen molar-refractivity contribution in [2.24, 2.45) is 0 Å². The molecule has 1 aromatic heterocycles. The molecule has 1 heterocycles. The molecule has 0 bridgehead atoms. The van der Waals surface area contributed by atoms with Gasteiger partial charge in [0.05, 0.1) is 18.2 Å². The Morgan fingerprint density at radius 2 is 2.22 bits per heavy atom. The van der Waals surface area contributed by atoms with Gasteiger partial charge in [-0.25, -0.2) is 14.4 Å². The second-order valence-corrected chi connectivity index (χ2v) is 4.05. The van der Waals surface area contributed by atoms with E-state index >= 15 is 0 Å². The van der Waals surface area contributed by atoms with E-state index in [4.69, 9.17) is 4.74 Å². The van der Waals surface area contributed by atoms with Crippen LogP contribution < -0.4 is 5.32 Å². The Kier molecular flexibility index (Phi) is 5.48. The van der Waals surface area contributed by atoms with Crippen LogP contribution in [0.25, 0.3) is 0 Å². The van der Waals surface area contributed by atoms with Gasteiger partial charge in [-0.2, -0.15) is 0 Å². The molecule has 0 aliphatic carbocycles. The molecular weight excluding hydrogens is 237 g/mol. The molecule has 1 N–H and O–H groups in total. The molecular formula is C12H18FN3O2. The molecule has 0 aromatic carbocycles. The predicted molar refractivity (Wildman–Crippen MR) is 65.7 cm³/mol. The zero-order valence-corrected chi connectivity index (χ0v) is 10.9. The average molecular weight is 255 g/mol. The van der Waals surface area contributed by atoms with Crippen LogP contribution in [-0.2, 0) is 16.0 Å². The lowest BCUT2D eigenvalue weighted by Crippen LogP contribution is -2.16. The Balaban J connectivity index is 2.47. The topological polar surface area (TPSA) is 64.1 Å². The zero-order chi connectivity index (χ0) is 13.5. The number of aryl methyl sites for hydroxylation is 1. The van der Waals surface area contributed by atoms with Crippen molar-refractivity contribution in [3.63, 3.8) is 0 Å². The zero-order valence-electron chi connectivity index (χ0n) is 10.9. The van der Waals surface area contributed by atoms with Crippen molar-refractivity contribution < 1.29 is 13.9 Å². The quantitative estimate of drug-likeness (QED) is 0.787. The van der Waals surface area contributed by atoms with Gasteiger partial charge in [-0.05, 0) is 20.3 Å². The number of ether oxygens (including phenoxy) is 1. The third-order valence-electron chi connectivity index (χ3n) is 2.19. The molecule has 0 fully saturated rings. The Morgan fingerprint density at radius 1 is 1.50 bits per heavy atom. The van der Waals surface area contributed by atoms with Crippen LogP contribution in [0.3, 0.4) is 0 Å². The molecule has 0 spiro atoms. The number of hydrogen-bond acceptors (Lipinski definition) is 5. The molecule has 0 aliphatic heterocycles. The molecule has 1 aromatic rings. The maximum absolute atomic E-state index is 13.7. The van der Waals surface area contributed by atoms with Crippen molar-refractivity contribution in [3.8, 4) is 0 Å². The van der Waals surface area contributed by atoms with Crippen LogP contribution in [-0.4, -0.2) is 28.6 Å². The Bertz CT molecular complexity index is 410. The maximum Gasteiger partial charge on any atom is 0.307 e. The summed E-state index contributed by atoms with van der Waals surface area (Å²) < 4.78 is 18.7. The molecule has 0 atom stereocenters.